The first-order valence-corrected chi connectivity index (χ1v) is 4.49. The van der Waals surface area contributed by atoms with Crippen LogP contribution < -0.4 is 0 Å². The van der Waals surface area contributed by atoms with Crippen LogP contribution >= 0.6 is 11.6 Å². The second-order valence-corrected chi connectivity index (χ2v) is 3.28. The number of phenolic OH excluding ortho intramolecular Hbond substituents is 1. The molecule has 13 heavy (non-hydrogen) atoms. The van der Waals surface area contributed by atoms with Gasteiger partial charge in [0.1, 0.15) is 5.75 Å². The first-order valence-electron chi connectivity index (χ1n) is 3.95. The number of aromatic hydroxyl groups is 1. The van der Waals surface area contributed by atoms with Crippen LogP contribution in [-0.4, -0.2) is 16.8 Å². The first-order chi connectivity index (χ1) is 6.06. The van der Waals surface area contributed by atoms with Crippen LogP contribution in [0.3, 0.4) is 0 Å². The van der Waals surface area contributed by atoms with E-state index in [9.17, 15) is 9.90 Å². The number of phenols is 1. The fourth-order valence-corrected chi connectivity index (χ4v) is 1.58. The molecule has 0 radical (unpaired) electrons. The summed E-state index contributed by atoms with van der Waals surface area (Å²) in [6.45, 7) is 3.57. The molecule has 0 saturated carbocycles. The van der Waals surface area contributed by atoms with Gasteiger partial charge in [0, 0.05) is 5.56 Å². The summed E-state index contributed by atoms with van der Waals surface area (Å²) >= 11 is 5.46. The van der Waals surface area contributed by atoms with Gasteiger partial charge in [-0.15, -0.1) is 11.6 Å². The number of ketones is 1. The largest absolute Gasteiger partial charge is 0.508 e. The van der Waals surface area contributed by atoms with Crippen molar-refractivity contribution in [3.63, 3.8) is 0 Å². The highest BCUT2D eigenvalue weighted by atomic mass is 35.5. The second kappa shape index (κ2) is 3.79. The first kappa shape index (κ1) is 10.1. The number of Topliss-reactive ketones (excluding diaryl/α,β-unsaturated/α-hetero) is 1. The predicted molar refractivity (Wildman–Crippen MR) is 52.6 cm³/mol. The minimum absolute atomic E-state index is 0.0214. The molecule has 0 aromatic heterocycles. The molecule has 0 unspecified atom stereocenters. The number of halogens is 1. The number of alkyl halides is 1. The molecule has 0 fully saturated rings. The summed E-state index contributed by atoms with van der Waals surface area (Å²) in [7, 11) is 0. The van der Waals surface area contributed by atoms with Crippen molar-refractivity contribution in [3.8, 4) is 5.75 Å². The third-order valence-electron chi connectivity index (χ3n) is 1.92. The van der Waals surface area contributed by atoms with E-state index in [0.717, 1.165) is 11.1 Å². The Morgan fingerprint density at radius 3 is 2.23 bits per heavy atom. The fourth-order valence-electron chi connectivity index (χ4n) is 1.45. The van der Waals surface area contributed by atoms with Crippen molar-refractivity contribution in [2.24, 2.45) is 0 Å². The topological polar surface area (TPSA) is 37.3 Å². The predicted octanol–water partition coefficient (Wildman–Crippen LogP) is 2.43. The number of rotatable bonds is 2. The molecule has 0 aliphatic heterocycles. The lowest BCUT2D eigenvalue weighted by molar-refractivity contribution is 0.102. The Morgan fingerprint density at radius 2 is 1.85 bits per heavy atom. The average Bonchev–Trinajstić information content (AvgIpc) is 2.02. The highest BCUT2D eigenvalue weighted by Gasteiger charge is 2.11. The molecule has 1 rings (SSSR count). The molecule has 0 bridgehead atoms. The second-order valence-electron chi connectivity index (χ2n) is 3.01. The molecule has 0 heterocycles. The lowest BCUT2D eigenvalue weighted by Gasteiger charge is -2.07. The highest BCUT2D eigenvalue weighted by Crippen LogP contribution is 2.21. The molecule has 1 aromatic carbocycles. The van der Waals surface area contributed by atoms with Crippen LogP contribution in [0.25, 0.3) is 0 Å². The van der Waals surface area contributed by atoms with Gasteiger partial charge in [0.2, 0.25) is 0 Å². The fraction of sp³-hybridized carbons (Fsp3) is 0.300. The molecule has 70 valence electrons. The van der Waals surface area contributed by atoms with Crippen molar-refractivity contribution in [2.45, 2.75) is 13.8 Å². The molecule has 0 saturated heterocycles. The van der Waals surface area contributed by atoms with Gasteiger partial charge in [-0.05, 0) is 37.1 Å². The summed E-state index contributed by atoms with van der Waals surface area (Å²) in [6.07, 6.45) is 0. The number of hydrogen-bond donors (Lipinski definition) is 1. The van der Waals surface area contributed by atoms with Crippen molar-refractivity contribution in [2.75, 3.05) is 5.88 Å². The Balaban J connectivity index is 3.28. The molecule has 2 nitrogen and oxygen atoms in total. The maximum Gasteiger partial charge on any atom is 0.178 e. The zero-order valence-electron chi connectivity index (χ0n) is 7.60. The Hall–Kier alpha value is -1.02. The van der Waals surface area contributed by atoms with Crippen molar-refractivity contribution in [1.82, 2.24) is 0 Å². The third kappa shape index (κ3) is 2.01. The zero-order valence-corrected chi connectivity index (χ0v) is 8.35. The summed E-state index contributed by atoms with van der Waals surface area (Å²) < 4.78 is 0. The van der Waals surface area contributed by atoms with Crippen molar-refractivity contribution in [1.29, 1.82) is 0 Å². The van der Waals surface area contributed by atoms with Crippen LogP contribution in [-0.2, 0) is 0 Å². The van der Waals surface area contributed by atoms with Gasteiger partial charge in [-0.2, -0.15) is 0 Å². The lowest BCUT2D eigenvalue weighted by Crippen LogP contribution is -2.05. The molecule has 1 N–H and O–H groups in total. The van der Waals surface area contributed by atoms with Crippen LogP contribution in [0.5, 0.6) is 5.75 Å². The van der Waals surface area contributed by atoms with E-state index in [-0.39, 0.29) is 17.4 Å². The van der Waals surface area contributed by atoms with Gasteiger partial charge in [-0.3, -0.25) is 4.79 Å². The average molecular weight is 199 g/mol. The van der Waals surface area contributed by atoms with Crippen LogP contribution in [0.4, 0.5) is 0 Å². The van der Waals surface area contributed by atoms with Gasteiger partial charge in [-0.1, -0.05) is 0 Å². The Bertz CT molecular complexity index is 322. The summed E-state index contributed by atoms with van der Waals surface area (Å²) in [5, 5.41) is 9.23. The SMILES string of the molecule is Cc1cc(O)cc(C)c1C(=O)CCl. The Labute approximate surface area is 82.2 Å². The lowest BCUT2D eigenvalue weighted by atomic mass is 9.99. The van der Waals surface area contributed by atoms with Gasteiger partial charge in [0.25, 0.3) is 0 Å². The Morgan fingerprint density at radius 1 is 1.38 bits per heavy atom. The number of carbonyl (C=O) groups excluding carboxylic acids is 1. The number of aryl methyl sites for hydroxylation is 2. The van der Waals surface area contributed by atoms with E-state index in [0.29, 0.717) is 5.56 Å². The summed E-state index contributed by atoms with van der Waals surface area (Å²) in [5.41, 5.74) is 2.15. The molecule has 3 heteroatoms. The molecule has 0 amide bonds. The van der Waals surface area contributed by atoms with E-state index >= 15 is 0 Å². The normalized spacial score (nSPS) is 10.1. The van der Waals surface area contributed by atoms with Crippen molar-refractivity contribution < 1.29 is 9.90 Å². The van der Waals surface area contributed by atoms with Gasteiger partial charge < -0.3 is 5.11 Å². The highest BCUT2D eigenvalue weighted by molar-refractivity contribution is 6.30. The number of hydrogen-bond acceptors (Lipinski definition) is 2. The van der Waals surface area contributed by atoms with Gasteiger partial charge in [0.15, 0.2) is 5.78 Å². The minimum Gasteiger partial charge on any atom is -0.508 e. The van der Waals surface area contributed by atoms with E-state index in [1.807, 2.05) is 0 Å². The number of carbonyl (C=O) groups is 1. The minimum atomic E-state index is -0.100. The molecule has 0 aliphatic carbocycles. The zero-order chi connectivity index (χ0) is 10.0. The molecule has 0 aliphatic rings. The summed E-state index contributed by atoms with van der Waals surface area (Å²) in [4.78, 5) is 11.4. The summed E-state index contributed by atoms with van der Waals surface area (Å²) in [6, 6.07) is 3.12. The van der Waals surface area contributed by atoms with Gasteiger partial charge in [-0.25, -0.2) is 0 Å². The van der Waals surface area contributed by atoms with E-state index in [4.69, 9.17) is 11.6 Å². The number of benzene rings is 1. The quantitative estimate of drug-likeness (QED) is 0.586. The van der Waals surface area contributed by atoms with Gasteiger partial charge in [0.05, 0.1) is 5.88 Å². The Kier molecular flexibility index (Phi) is 2.94. The molecule has 0 atom stereocenters. The molecule has 1 aromatic rings. The molecule has 0 spiro atoms. The summed E-state index contributed by atoms with van der Waals surface area (Å²) in [5.74, 6) is 0.0599. The van der Waals surface area contributed by atoms with Crippen LogP contribution in [0.15, 0.2) is 12.1 Å². The maximum atomic E-state index is 11.4. The van der Waals surface area contributed by atoms with Crippen molar-refractivity contribution >= 4 is 17.4 Å². The van der Waals surface area contributed by atoms with Crippen LogP contribution in [0.1, 0.15) is 21.5 Å². The smallest absolute Gasteiger partial charge is 0.178 e. The van der Waals surface area contributed by atoms with E-state index in [1.54, 1.807) is 26.0 Å². The molecular formula is C10H11ClO2. The maximum absolute atomic E-state index is 11.4. The molecular weight excluding hydrogens is 188 g/mol. The van der Waals surface area contributed by atoms with Crippen molar-refractivity contribution in [3.05, 3.63) is 28.8 Å². The van der Waals surface area contributed by atoms with Gasteiger partial charge >= 0.3 is 0 Å². The third-order valence-corrected chi connectivity index (χ3v) is 2.16. The standard InChI is InChI=1S/C10H11ClO2/c1-6-3-8(12)4-7(2)10(6)9(13)5-11/h3-4,12H,5H2,1-2H3. The monoisotopic (exact) mass is 198 g/mol. The van der Waals surface area contributed by atoms with Crippen LogP contribution in [0, 0.1) is 13.8 Å². The van der Waals surface area contributed by atoms with E-state index in [1.165, 1.54) is 0 Å². The van der Waals surface area contributed by atoms with E-state index in [2.05, 4.69) is 0 Å². The van der Waals surface area contributed by atoms with Crippen LogP contribution in [0.2, 0.25) is 0 Å². The van der Waals surface area contributed by atoms with E-state index < -0.39 is 0 Å².